The van der Waals surface area contributed by atoms with Gasteiger partial charge in [-0.1, -0.05) is 51.8 Å². The molecule has 0 heterocycles. The largest absolute Gasteiger partial charge is 0.271 e. The van der Waals surface area contributed by atoms with Gasteiger partial charge in [0.15, 0.2) is 0 Å². The van der Waals surface area contributed by atoms with Crippen molar-refractivity contribution in [2.45, 2.75) is 19.4 Å². The van der Waals surface area contributed by atoms with Crippen LogP contribution >= 0.6 is 15.9 Å². The van der Waals surface area contributed by atoms with Crippen LogP contribution in [0.2, 0.25) is 0 Å². The Morgan fingerprint density at radius 1 is 1.21 bits per heavy atom. The smallest absolute Gasteiger partial charge is 0.124 e. The van der Waals surface area contributed by atoms with Crippen molar-refractivity contribution in [2.75, 3.05) is 0 Å². The summed E-state index contributed by atoms with van der Waals surface area (Å²) in [4.78, 5) is 0. The molecule has 2 rings (SSSR count). The van der Waals surface area contributed by atoms with Crippen molar-refractivity contribution >= 4 is 15.9 Å². The van der Waals surface area contributed by atoms with Gasteiger partial charge in [0.05, 0.1) is 6.04 Å². The number of hydrogen-bond acceptors (Lipinski definition) is 2. The second-order valence-corrected chi connectivity index (χ2v) is 5.42. The van der Waals surface area contributed by atoms with Crippen molar-refractivity contribution in [1.29, 1.82) is 0 Å². The van der Waals surface area contributed by atoms with Gasteiger partial charge in [0.1, 0.15) is 5.82 Å². The van der Waals surface area contributed by atoms with Crippen molar-refractivity contribution in [1.82, 2.24) is 5.43 Å². The molecule has 0 aromatic heterocycles. The molecule has 100 valence electrons. The van der Waals surface area contributed by atoms with Crippen LogP contribution in [0.3, 0.4) is 0 Å². The molecule has 0 radical (unpaired) electrons. The number of aryl methyl sites for hydroxylation is 1. The predicted octanol–water partition coefficient (Wildman–Crippen LogP) is 3.64. The quantitative estimate of drug-likeness (QED) is 0.666. The van der Waals surface area contributed by atoms with E-state index in [1.165, 1.54) is 17.7 Å². The Bertz CT molecular complexity index is 555. The maximum atomic E-state index is 13.1. The molecule has 0 bridgehead atoms. The lowest BCUT2D eigenvalue weighted by molar-refractivity contribution is 0.549. The van der Waals surface area contributed by atoms with E-state index >= 15 is 0 Å². The van der Waals surface area contributed by atoms with Crippen LogP contribution in [-0.2, 0) is 6.42 Å². The maximum absolute atomic E-state index is 13.1. The van der Waals surface area contributed by atoms with E-state index in [9.17, 15) is 4.39 Å². The third kappa shape index (κ3) is 3.62. The highest BCUT2D eigenvalue weighted by molar-refractivity contribution is 9.10. The number of hydrogen-bond donors (Lipinski definition) is 2. The average molecular weight is 323 g/mol. The van der Waals surface area contributed by atoms with Crippen molar-refractivity contribution in [3.05, 3.63) is 69.4 Å². The summed E-state index contributed by atoms with van der Waals surface area (Å²) in [5.41, 5.74) is 6.16. The van der Waals surface area contributed by atoms with E-state index < -0.39 is 0 Å². The predicted molar refractivity (Wildman–Crippen MR) is 79.0 cm³/mol. The van der Waals surface area contributed by atoms with Crippen LogP contribution in [0.4, 0.5) is 4.39 Å². The normalized spacial score (nSPS) is 12.4. The summed E-state index contributed by atoms with van der Waals surface area (Å²) < 4.78 is 13.8. The lowest BCUT2D eigenvalue weighted by Gasteiger charge is -2.17. The highest BCUT2D eigenvalue weighted by Gasteiger charge is 2.12. The fourth-order valence-electron chi connectivity index (χ4n) is 1.98. The van der Waals surface area contributed by atoms with E-state index in [0.29, 0.717) is 6.42 Å². The Labute approximate surface area is 120 Å². The Morgan fingerprint density at radius 3 is 2.47 bits per heavy atom. The molecule has 0 fully saturated rings. The lowest BCUT2D eigenvalue weighted by Crippen LogP contribution is -2.29. The zero-order valence-electron chi connectivity index (χ0n) is 10.7. The first-order chi connectivity index (χ1) is 9.10. The summed E-state index contributed by atoms with van der Waals surface area (Å²) in [5, 5.41) is 0. The second kappa shape index (κ2) is 6.28. The first-order valence-corrected chi connectivity index (χ1v) is 6.86. The Balaban J connectivity index is 2.21. The van der Waals surface area contributed by atoms with Crippen LogP contribution in [0.1, 0.15) is 22.7 Å². The molecular weight excluding hydrogens is 307 g/mol. The minimum Gasteiger partial charge on any atom is -0.271 e. The van der Waals surface area contributed by atoms with E-state index in [1.54, 1.807) is 6.07 Å². The topological polar surface area (TPSA) is 38.0 Å². The van der Waals surface area contributed by atoms with Crippen molar-refractivity contribution in [3.8, 4) is 0 Å². The standard InChI is InChI=1S/C15H16BrFN2/c1-10-2-4-11(5-3-10)15(19-18)8-12-6-7-13(17)9-14(12)16/h2-7,9,15,19H,8,18H2,1H3. The van der Waals surface area contributed by atoms with Gasteiger partial charge in [-0.05, 0) is 36.6 Å². The monoisotopic (exact) mass is 322 g/mol. The van der Waals surface area contributed by atoms with Gasteiger partial charge in [0.25, 0.3) is 0 Å². The van der Waals surface area contributed by atoms with E-state index in [0.717, 1.165) is 15.6 Å². The molecule has 1 unspecified atom stereocenters. The summed E-state index contributed by atoms with van der Waals surface area (Å²) in [6, 6.07) is 12.9. The highest BCUT2D eigenvalue weighted by atomic mass is 79.9. The molecule has 0 spiro atoms. The zero-order chi connectivity index (χ0) is 13.8. The van der Waals surface area contributed by atoms with E-state index in [4.69, 9.17) is 5.84 Å². The van der Waals surface area contributed by atoms with Gasteiger partial charge in [-0.15, -0.1) is 0 Å². The van der Waals surface area contributed by atoms with Crippen LogP contribution in [0.25, 0.3) is 0 Å². The Morgan fingerprint density at radius 2 is 1.89 bits per heavy atom. The molecule has 1 atom stereocenters. The zero-order valence-corrected chi connectivity index (χ0v) is 12.2. The van der Waals surface area contributed by atoms with Crippen molar-refractivity contribution < 1.29 is 4.39 Å². The van der Waals surface area contributed by atoms with Crippen LogP contribution in [-0.4, -0.2) is 0 Å². The van der Waals surface area contributed by atoms with E-state index in [2.05, 4.69) is 45.6 Å². The van der Waals surface area contributed by atoms with Gasteiger partial charge in [0.2, 0.25) is 0 Å². The molecule has 0 saturated carbocycles. The van der Waals surface area contributed by atoms with Crippen LogP contribution in [0, 0.1) is 12.7 Å². The highest BCUT2D eigenvalue weighted by Crippen LogP contribution is 2.24. The Kier molecular flexibility index (Phi) is 4.69. The number of rotatable bonds is 4. The minimum absolute atomic E-state index is 0.00219. The molecule has 2 aromatic carbocycles. The summed E-state index contributed by atoms with van der Waals surface area (Å²) in [6.07, 6.45) is 0.695. The molecule has 2 aromatic rings. The van der Waals surface area contributed by atoms with Gasteiger partial charge in [-0.2, -0.15) is 0 Å². The molecule has 3 N–H and O–H groups in total. The van der Waals surface area contributed by atoms with E-state index in [1.807, 2.05) is 6.92 Å². The van der Waals surface area contributed by atoms with Gasteiger partial charge in [-0.25, -0.2) is 4.39 Å². The van der Waals surface area contributed by atoms with Crippen molar-refractivity contribution in [3.63, 3.8) is 0 Å². The minimum atomic E-state index is -0.247. The first-order valence-electron chi connectivity index (χ1n) is 6.07. The molecule has 19 heavy (non-hydrogen) atoms. The fourth-order valence-corrected chi connectivity index (χ4v) is 2.49. The third-order valence-corrected chi connectivity index (χ3v) is 3.86. The van der Waals surface area contributed by atoms with Gasteiger partial charge in [-0.3, -0.25) is 11.3 Å². The average Bonchev–Trinajstić information content (AvgIpc) is 2.39. The summed E-state index contributed by atoms with van der Waals surface area (Å²) in [5.74, 6) is 5.38. The number of nitrogens with two attached hydrogens (primary N) is 1. The van der Waals surface area contributed by atoms with Crippen LogP contribution in [0.5, 0.6) is 0 Å². The lowest BCUT2D eigenvalue weighted by atomic mass is 9.98. The van der Waals surface area contributed by atoms with Gasteiger partial charge >= 0.3 is 0 Å². The molecule has 0 aliphatic rings. The summed E-state index contributed by atoms with van der Waals surface area (Å²) in [7, 11) is 0. The molecule has 2 nitrogen and oxygen atoms in total. The first kappa shape index (κ1) is 14.2. The number of halogens is 2. The number of nitrogens with one attached hydrogen (secondary N) is 1. The van der Waals surface area contributed by atoms with Crippen LogP contribution in [0.15, 0.2) is 46.9 Å². The second-order valence-electron chi connectivity index (χ2n) is 4.57. The number of hydrazine groups is 1. The fraction of sp³-hybridized carbons (Fsp3) is 0.200. The molecule has 0 amide bonds. The van der Waals surface area contributed by atoms with E-state index in [-0.39, 0.29) is 11.9 Å². The molecule has 0 aliphatic carbocycles. The van der Waals surface area contributed by atoms with Gasteiger partial charge in [0, 0.05) is 4.47 Å². The molecule has 0 aliphatic heterocycles. The maximum Gasteiger partial charge on any atom is 0.124 e. The SMILES string of the molecule is Cc1ccc(C(Cc2ccc(F)cc2Br)NN)cc1. The van der Waals surface area contributed by atoms with Crippen LogP contribution < -0.4 is 11.3 Å². The molecular formula is C15H16BrFN2. The Hall–Kier alpha value is -1.23. The van der Waals surface area contributed by atoms with Gasteiger partial charge < -0.3 is 0 Å². The van der Waals surface area contributed by atoms with Crippen molar-refractivity contribution in [2.24, 2.45) is 5.84 Å². The summed E-state index contributed by atoms with van der Waals surface area (Å²) in [6.45, 7) is 2.05. The summed E-state index contributed by atoms with van der Waals surface area (Å²) >= 11 is 3.38. The number of benzene rings is 2. The molecule has 0 saturated heterocycles. The molecule has 4 heteroatoms. The third-order valence-electron chi connectivity index (χ3n) is 3.12.